The van der Waals surface area contributed by atoms with Crippen molar-refractivity contribution in [1.29, 1.82) is 0 Å². The second-order valence-corrected chi connectivity index (χ2v) is 5.89. The zero-order valence-corrected chi connectivity index (χ0v) is 14.1. The first kappa shape index (κ1) is 18.7. The van der Waals surface area contributed by atoms with Crippen molar-refractivity contribution in [2.75, 3.05) is 7.11 Å². The van der Waals surface area contributed by atoms with Crippen LogP contribution in [0.3, 0.4) is 0 Å². The van der Waals surface area contributed by atoms with Crippen molar-refractivity contribution < 1.29 is 24.5 Å². The highest BCUT2D eigenvalue weighted by molar-refractivity contribution is 6.08. The third-order valence-electron chi connectivity index (χ3n) is 3.87. The van der Waals surface area contributed by atoms with Gasteiger partial charge in [0.2, 0.25) is 0 Å². The standard InChI is InChI=1S/C20H22O5/c1-25-20-12-15(6-11-19(20)24)5-10-18(23)13-17(22)9-4-14-2-7-16(21)8-3-14/h2-5,7,9-12,15-16,21,24H,6,8,13H2,1H3/b9-4+,10-5+. The van der Waals surface area contributed by atoms with Gasteiger partial charge < -0.3 is 14.9 Å². The predicted octanol–water partition coefficient (Wildman–Crippen LogP) is 2.87. The van der Waals surface area contributed by atoms with Gasteiger partial charge in [0.05, 0.1) is 19.6 Å². The smallest absolute Gasteiger partial charge is 0.163 e. The molecule has 2 aliphatic rings. The number of allylic oxidation sites excluding steroid dienone is 8. The minimum atomic E-state index is -0.469. The molecule has 2 rings (SSSR count). The Bertz CT molecular complexity index is 704. The molecule has 0 spiro atoms. The number of hydrogen-bond acceptors (Lipinski definition) is 5. The van der Waals surface area contributed by atoms with Crippen LogP contribution < -0.4 is 0 Å². The van der Waals surface area contributed by atoms with Crippen molar-refractivity contribution in [2.45, 2.75) is 25.4 Å². The van der Waals surface area contributed by atoms with Crippen molar-refractivity contribution in [3.05, 3.63) is 71.8 Å². The van der Waals surface area contributed by atoms with E-state index in [2.05, 4.69) is 0 Å². The lowest BCUT2D eigenvalue weighted by Crippen LogP contribution is -2.06. The number of methoxy groups -OCH3 is 1. The van der Waals surface area contributed by atoms with E-state index in [0.29, 0.717) is 18.6 Å². The minimum absolute atomic E-state index is 0.0515. The first-order valence-electron chi connectivity index (χ1n) is 8.11. The highest BCUT2D eigenvalue weighted by atomic mass is 16.5. The van der Waals surface area contributed by atoms with Gasteiger partial charge in [-0.25, -0.2) is 0 Å². The summed E-state index contributed by atoms with van der Waals surface area (Å²) in [5.74, 6) is -0.123. The molecule has 2 N–H and O–H groups in total. The summed E-state index contributed by atoms with van der Waals surface area (Å²) >= 11 is 0. The SMILES string of the molecule is COC1=CC(/C=C/C(=O)CC(=O)/C=C/C2=CCC(O)C=C2)CC=C1O. The second kappa shape index (κ2) is 8.99. The summed E-state index contributed by atoms with van der Waals surface area (Å²) in [7, 11) is 1.47. The monoisotopic (exact) mass is 342 g/mol. The van der Waals surface area contributed by atoms with E-state index in [1.165, 1.54) is 19.3 Å². The molecule has 132 valence electrons. The number of ether oxygens (including phenoxy) is 1. The zero-order chi connectivity index (χ0) is 18.2. The number of carbonyl (C=O) groups is 2. The molecular weight excluding hydrogens is 320 g/mol. The number of aliphatic hydroxyl groups is 2. The van der Waals surface area contributed by atoms with Gasteiger partial charge in [-0.1, -0.05) is 30.4 Å². The lowest BCUT2D eigenvalue weighted by atomic mass is 9.97. The van der Waals surface area contributed by atoms with Crippen molar-refractivity contribution in [2.24, 2.45) is 5.92 Å². The van der Waals surface area contributed by atoms with E-state index in [9.17, 15) is 19.8 Å². The molecule has 0 aromatic rings. The first-order chi connectivity index (χ1) is 12.0. The van der Waals surface area contributed by atoms with Crippen LogP contribution in [0.5, 0.6) is 0 Å². The molecule has 0 aliphatic heterocycles. The van der Waals surface area contributed by atoms with Gasteiger partial charge in [0.1, 0.15) is 0 Å². The van der Waals surface area contributed by atoms with Gasteiger partial charge in [-0.15, -0.1) is 0 Å². The summed E-state index contributed by atoms with van der Waals surface area (Å²) in [4.78, 5) is 23.7. The quantitative estimate of drug-likeness (QED) is 0.549. The Morgan fingerprint density at radius 1 is 1.24 bits per heavy atom. The second-order valence-electron chi connectivity index (χ2n) is 5.89. The number of carbonyl (C=O) groups excluding carboxylic acids is 2. The third-order valence-corrected chi connectivity index (χ3v) is 3.87. The van der Waals surface area contributed by atoms with Gasteiger partial charge in [-0.3, -0.25) is 9.59 Å². The maximum Gasteiger partial charge on any atom is 0.163 e. The molecule has 0 aromatic heterocycles. The normalized spacial score (nSPS) is 23.4. The zero-order valence-electron chi connectivity index (χ0n) is 14.1. The molecular formula is C20H22O5. The lowest BCUT2D eigenvalue weighted by molar-refractivity contribution is -0.121. The van der Waals surface area contributed by atoms with Gasteiger partial charge in [0.25, 0.3) is 0 Å². The molecule has 0 heterocycles. The average Bonchev–Trinajstić information content (AvgIpc) is 2.60. The number of ketones is 2. The lowest BCUT2D eigenvalue weighted by Gasteiger charge is -2.14. The molecule has 2 unspecified atom stereocenters. The van der Waals surface area contributed by atoms with E-state index in [-0.39, 0.29) is 29.7 Å². The Morgan fingerprint density at radius 2 is 2.00 bits per heavy atom. The van der Waals surface area contributed by atoms with E-state index in [1.807, 2.05) is 6.08 Å². The summed E-state index contributed by atoms with van der Waals surface area (Å²) in [6.07, 6.45) is 15.2. The average molecular weight is 342 g/mol. The molecule has 25 heavy (non-hydrogen) atoms. The maximum absolute atomic E-state index is 11.9. The van der Waals surface area contributed by atoms with Crippen LogP contribution in [0, 0.1) is 5.92 Å². The van der Waals surface area contributed by atoms with E-state index < -0.39 is 6.10 Å². The van der Waals surface area contributed by atoms with Gasteiger partial charge >= 0.3 is 0 Å². The molecule has 0 bridgehead atoms. The first-order valence-corrected chi connectivity index (χ1v) is 8.11. The Labute approximate surface area is 147 Å². The van der Waals surface area contributed by atoms with Crippen LogP contribution in [0.1, 0.15) is 19.3 Å². The van der Waals surface area contributed by atoms with E-state index in [4.69, 9.17) is 4.74 Å². The van der Waals surface area contributed by atoms with Crippen LogP contribution in [0.2, 0.25) is 0 Å². The van der Waals surface area contributed by atoms with Crippen LogP contribution in [0.15, 0.2) is 71.8 Å². The van der Waals surface area contributed by atoms with Crippen molar-refractivity contribution in [3.63, 3.8) is 0 Å². The van der Waals surface area contributed by atoms with Gasteiger partial charge in [-0.2, -0.15) is 0 Å². The molecule has 0 fully saturated rings. The van der Waals surface area contributed by atoms with Crippen molar-refractivity contribution in [1.82, 2.24) is 0 Å². The molecule has 0 saturated carbocycles. The summed E-state index contributed by atoms with van der Waals surface area (Å²) in [6, 6.07) is 0. The fraction of sp³-hybridized carbons (Fsp3) is 0.300. The Morgan fingerprint density at radius 3 is 2.68 bits per heavy atom. The van der Waals surface area contributed by atoms with Crippen LogP contribution >= 0.6 is 0 Å². The maximum atomic E-state index is 11.9. The molecule has 5 heteroatoms. The number of rotatable bonds is 7. The number of hydrogen-bond donors (Lipinski definition) is 2. The summed E-state index contributed by atoms with van der Waals surface area (Å²) in [6.45, 7) is 0. The minimum Gasteiger partial charge on any atom is -0.504 e. The fourth-order valence-electron chi connectivity index (χ4n) is 2.46. The van der Waals surface area contributed by atoms with Crippen LogP contribution in [-0.4, -0.2) is 35.0 Å². The Hall–Kier alpha value is -2.66. The van der Waals surface area contributed by atoms with E-state index in [0.717, 1.165) is 5.57 Å². The van der Waals surface area contributed by atoms with Crippen LogP contribution in [0.25, 0.3) is 0 Å². The van der Waals surface area contributed by atoms with E-state index >= 15 is 0 Å². The summed E-state index contributed by atoms with van der Waals surface area (Å²) in [5, 5.41) is 18.9. The Kier molecular flexibility index (Phi) is 6.71. The summed E-state index contributed by atoms with van der Waals surface area (Å²) in [5.41, 5.74) is 0.840. The topological polar surface area (TPSA) is 83.8 Å². The molecule has 0 radical (unpaired) electrons. The van der Waals surface area contributed by atoms with Gasteiger partial charge in [-0.05, 0) is 42.7 Å². The molecule has 0 aromatic carbocycles. The molecule has 2 aliphatic carbocycles. The Balaban J connectivity index is 1.83. The van der Waals surface area contributed by atoms with Gasteiger partial charge in [0, 0.05) is 5.92 Å². The van der Waals surface area contributed by atoms with Crippen molar-refractivity contribution in [3.8, 4) is 0 Å². The largest absolute Gasteiger partial charge is 0.504 e. The molecule has 5 nitrogen and oxygen atoms in total. The molecule has 0 saturated heterocycles. The van der Waals surface area contributed by atoms with Crippen LogP contribution in [0.4, 0.5) is 0 Å². The highest BCUT2D eigenvalue weighted by Crippen LogP contribution is 2.22. The van der Waals surface area contributed by atoms with Gasteiger partial charge in [0.15, 0.2) is 23.1 Å². The predicted molar refractivity (Wildman–Crippen MR) is 94.7 cm³/mol. The molecule has 0 amide bonds. The summed E-state index contributed by atoms with van der Waals surface area (Å²) < 4.78 is 5.04. The van der Waals surface area contributed by atoms with E-state index in [1.54, 1.807) is 36.5 Å². The fourth-order valence-corrected chi connectivity index (χ4v) is 2.46. The van der Waals surface area contributed by atoms with Crippen molar-refractivity contribution >= 4 is 11.6 Å². The highest BCUT2D eigenvalue weighted by Gasteiger charge is 2.14. The number of aliphatic hydroxyl groups excluding tert-OH is 2. The van der Waals surface area contributed by atoms with Crippen LogP contribution in [-0.2, 0) is 14.3 Å². The third kappa shape index (κ3) is 6.04. The molecule has 2 atom stereocenters.